The Kier molecular flexibility index (Phi) is 6.52. The maximum absolute atomic E-state index is 14.3. The molecule has 170 valence electrons. The molecule has 3 N–H and O–H groups in total. The summed E-state index contributed by atoms with van der Waals surface area (Å²) in [6, 6.07) is 6.24. The molecule has 2 aliphatic carbocycles. The maximum atomic E-state index is 14.3. The molecule has 1 amide bonds. The fourth-order valence-electron chi connectivity index (χ4n) is 5.10. The molecule has 2 aromatic rings. The number of nitrogens with zero attached hydrogens (tertiary/aromatic N) is 3. The molecule has 1 unspecified atom stereocenters. The van der Waals surface area contributed by atoms with Gasteiger partial charge in [-0.15, -0.1) is 0 Å². The highest BCUT2D eigenvalue weighted by Gasteiger charge is 2.55. The lowest BCUT2D eigenvalue weighted by molar-refractivity contribution is -0.384. The van der Waals surface area contributed by atoms with Gasteiger partial charge in [0, 0.05) is 37.3 Å². The predicted molar refractivity (Wildman–Crippen MR) is 117 cm³/mol. The van der Waals surface area contributed by atoms with E-state index in [1.807, 2.05) is 13.0 Å². The van der Waals surface area contributed by atoms with Gasteiger partial charge in [0.15, 0.2) is 11.6 Å². The van der Waals surface area contributed by atoms with Crippen LogP contribution in [0.25, 0.3) is 0 Å². The second kappa shape index (κ2) is 9.33. The lowest BCUT2D eigenvalue weighted by Crippen LogP contribution is -2.51. The number of rotatable bonds is 8. The van der Waals surface area contributed by atoms with Gasteiger partial charge in [0.25, 0.3) is 5.69 Å². The van der Waals surface area contributed by atoms with Crippen LogP contribution in [0.3, 0.4) is 0 Å². The number of aromatic nitrogens is 2. The Morgan fingerprint density at radius 3 is 2.94 bits per heavy atom. The fraction of sp³-hybridized carbons (Fsp3) is 0.476. The second-order valence-electron chi connectivity index (χ2n) is 8.24. The number of halogens is 2. The third-order valence-electron chi connectivity index (χ3n) is 6.37. The number of hydrogen-bond acceptors (Lipinski definition) is 7. The topological polar surface area (TPSA) is 122 Å². The van der Waals surface area contributed by atoms with Gasteiger partial charge >= 0.3 is 0 Å². The molecule has 5 atom stereocenters. The van der Waals surface area contributed by atoms with Gasteiger partial charge in [0.2, 0.25) is 11.2 Å². The molecule has 11 heteroatoms. The van der Waals surface area contributed by atoms with Crippen molar-refractivity contribution in [2.45, 2.75) is 38.4 Å². The SMILES string of the molecule is CCNC(=O)[C@H]1[C@H]2CC(NCc3cccc([N+](=O)[O-])c3)[C@@H](C2)[C@H]1Nc1nc(Cl)ncc1F. The minimum atomic E-state index is -0.632. The Morgan fingerprint density at radius 2 is 2.19 bits per heavy atom. The van der Waals surface area contributed by atoms with E-state index in [0.717, 1.165) is 24.6 Å². The van der Waals surface area contributed by atoms with Crippen LogP contribution in [0.1, 0.15) is 25.3 Å². The highest BCUT2D eigenvalue weighted by Crippen LogP contribution is 2.50. The number of carbonyl (C=O) groups excluding carboxylic acids is 1. The third-order valence-corrected chi connectivity index (χ3v) is 6.55. The molecule has 0 radical (unpaired) electrons. The van der Waals surface area contributed by atoms with Crippen LogP contribution in [-0.2, 0) is 11.3 Å². The smallest absolute Gasteiger partial charge is 0.269 e. The molecule has 1 aromatic heterocycles. The normalized spacial score (nSPS) is 26.2. The molecule has 1 aromatic carbocycles. The molecule has 4 rings (SSSR count). The molecule has 1 heterocycles. The average Bonchev–Trinajstić information content (AvgIpc) is 3.33. The molecular weight excluding hydrogens is 439 g/mol. The summed E-state index contributed by atoms with van der Waals surface area (Å²) in [5, 5.41) is 20.4. The van der Waals surface area contributed by atoms with Crippen molar-refractivity contribution in [3.8, 4) is 0 Å². The van der Waals surface area contributed by atoms with Crippen LogP contribution in [0.15, 0.2) is 30.5 Å². The molecule has 2 aliphatic rings. The maximum Gasteiger partial charge on any atom is 0.269 e. The van der Waals surface area contributed by atoms with Crippen LogP contribution < -0.4 is 16.0 Å². The van der Waals surface area contributed by atoms with Gasteiger partial charge in [-0.1, -0.05) is 12.1 Å². The van der Waals surface area contributed by atoms with Gasteiger partial charge in [0.1, 0.15) is 0 Å². The van der Waals surface area contributed by atoms with E-state index in [2.05, 4.69) is 25.9 Å². The molecule has 2 bridgehead atoms. The monoisotopic (exact) mass is 462 g/mol. The third kappa shape index (κ3) is 4.51. The van der Waals surface area contributed by atoms with E-state index in [-0.39, 0.29) is 52.5 Å². The Labute approximate surface area is 189 Å². The van der Waals surface area contributed by atoms with Crippen molar-refractivity contribution < 1.29 is 14.1 Å². The number of amides is 1. The standard InChI is InChI=1S/C21H24ClFN6O3/c1-2-24-20(30)17-12-7-14(18(17)27-19-15(23)10-26-21(22)28-19)16(8-12)25-9-11-4-3-5-13(6-11)29(31)32/h3-6,10,12,14,16-18,25H,2,7-9H2,1H3,(H,24,30)(H,26,27,28)/t12-,14-,16?,17+,18-/m1/s1. The van der Waals surface area contributed by atoms with Crippen LogP contribution >= 0.6 is 11.6 Å². The molecule has 2 fully saturated rings. The summed E-state index contributed by atoms with van der Waals surface area (Å²) in [6.07, 6.45) is 2.61. The lowest BCUT2D eigenvalue weighted by atomic mass is 9.81. The van der Waals surface area contributed by atoms with E-state index in [0.29, 0.717) is 13.1 Å². The van der Waals surface area contributed by atoms with E-state index in [9.17, 15) is 19.3 Å². The largest absolute Gasteiger partial charge is 0.364 e. The molecular formula is C21H24ClFN6O3. The molecule has 0 aliphatic heterocycles. The summed E-state index contributed by atoms with van der Waals surface area (Å²) in [4.78, 5) is 31.0. The van der Waals surface area contributed by atoms with Crippen molar-refractivity contribution in [2.75, 3.05) is 11.9 Å². The quantitative estimate of drug-likeness (QED) is 0.313. The summed E-state index contributed by atoms with van der Waals surface area (Å²) in [5.41, 5.74) is 0.851. The summed E-state index contributed by atoms with van der Waals surface area (Å²) < 4.78 is 14.3. The molecule has 32 heavy (non-hydrogen) atoms. The summed E-state index contributed by atoms with van der Waals surface area (Å²) in [6.45, 7) is 2.84. The van der Waals surface area contributed by atoms with Gasteiger partial charge < -0.3 is 16.0 Å². The zero-order valence-electron chi connectivity index (χ0n) is 17.4. The minimum absolute atomic E-state index is 0.0192. The van der Waals surface area contributed by atoms with Crippen molar-refractivity contribution in [3.63, 3.8) is 0 Å². The number of nitro groups is 1. The van der Waals surface area contributed by atoms with Gasteiger partial charge in [0.05, 0.1) is 17.0 Å². The Hall–Kier alpha value is -2.85. The van der Waals surface area contributed by atoms with Crippen molar-refractivity contribution in [3.05, 3.63) is 57.2 Å². The number of anilines is 1. The van der Waals surface area contributed by atoms with E-state index < -0.39 is 10.7 Å². The molecule has 9 nitrogen and oxygen atoms in total. The number of hydrogen-bond donors (Lipinski definition) is 3. The first-order chi connectivity index (χ1) is 15.4. The van der Waals surface area contributed by atoms with Gasteiger partial charge in [-0.3, -0.25) is 14.9 Å². The number of fused-ring (bicyclic) bond motifs is 2. The fourth-order valence-corrected chi connectivity index (χ4v) is 5.23. The average molecular weight is 463 g/mol. The summed E-state index contributed by atoms with van der Waals surface area (Å²) in [7, 11) is 0. The molecule has 2 saturated carbocycles. The molecule has 0 saturated heterocycles. The van der Waals surface area contributed by atoms with Crippen LogP contribution in [0.5, 0.6) is 0 Å². The lowest BCUT2D eigenvalue weighted by Gasteiger charge is -2.36. The van der Waals surface area contributed by atoms with E-state index in [1.54, 1.807) is 12.1 Å². The number of benzene rings is 1. The van der Waals surface area contributed by atoms with Crippen LogP contribution in [0.4, 0.5) is 15.9 Å². The van der Waals surface area contributed by atoms with Crippen molar-refractivity contribution in [1.29, 1.82) is 0 Å². The minimum Gasteiger partial charge on any atom is -0.364 e. The van der Waals surface area contributed by atoms with Crippen LogP contribution in [-0.4, -0.2) is 39.4 Å². The zero-order valence-corrected chi connectivity index (χ0v) is 18.2. The highest BCUT2D eigenvalue weighted by molar-refractivity contribution is 6.28. The van der Waals surface area contributed by atoms with Crippen LogP contribution in [0.2, 0.25) is 5.28 Å². The first-order valence-electron chi connectivity index (χ1n) is 10.6. The molecule has 0 spiro atoms. The second-order valence-corrected chi connectivity index (χ2v) is 8.57. The first kappa shape index (κ1) is 22.3. The first-order valence-corrected chi connectivity index (χ1v) is 10.9. The number of nitro benzene ring substituents is 1. The summed E-state index contributed by atoms with van der Waals surface area (Å²) >= 11 is 5.84. The Morgan fingerprint density at radius 1 is 1.38 bits per heavy atom. The van der Waals surface area contributed by atoms with Gasteiger partial charge in [-0.25, -0.2) is 9.37 Å². The van der Waals surface area contributed by atoms with E-state index in [1.165, 1.54) is 6.07 Å². The van der Waals surface area contributed by atoms with Crippen molar-refractivity contribution in [2.24, 2.45) is 17.8 Å². The van der Waals surface area contributed by atoms with Gasteiger partial charge in [-0.2, -0.15) is 4.98 Å². The van der Waals surface area contributed by atoms with Crippen molar-refractivity contribution in [1.82, 2.24) is 20.6 Å². The Balaban J connectivity index is 1.51. The Bertz CT molecular complexity index is 1020. The highest BCUT2D eigenvalue weighted by atomic mass is 35.5. The predicted octanol–water partition coefficient (Wildman–Crippen LogP) is 2.91. The van der Waals surface area contributed by atoms with E-state index in [4.69, 9.17) is 11.6 Å². The zero-order chi connectivity index (χ0) is 22.8. The summed E-state index contributed by atoms with van der Waals surface area (Å²) in [5.74, 6) is -0.840. The van der Waals surface area contributed by atoms with Crippen molar-refractivity contribution >= 4 is 29.0 Å². The number of non-ortho nitro benzene ring substituents is 1. The number of carbonyl (C=O) groups is 1. The number of nitrogens with one attached hydrogen (secondary N) is 3. The van der Waals surface area contributed by atoms with E-state index >= 15 is 0 Å². The van der Waals surface area contributed by atoms with Gasteiger partial charge in [-0.05, 0) is 48.8 Å². The van der Waals surface area contributed by atoms with Crippen LogP contribution in [0, 0.1) is 33.7 Å².